The van der Waals surface area contributed by atoms with E-state index < -0.39 is 0 Å². The molecule has 0 bridgehead atoms. The zero-order chi connectivity index (χ0) is 13.1. The number of hydrogen-bond donors (Lipinski definition) is 1. The highest BCUT2D eigenvalue weighted by Crippen LogP contribution is 2.24. The van der Waals surface area contributed by atoms with E-state index in [1.54, 1.807) is 0 Å². The van der Waals surface area contributed by atoms with Crippen LogP contribution in [0.1, 0.15) is 19.8 Å². The highest BCUT2D eigenvalue weighted by molar-refractivity contribution is 6.32. The molecule has 6 nitrogen and oxygen atoms in total. The second-order valence-corrected chi connectivity index (χ2v) is 4.85. The lowest BCUT2D eigenvalue weighted by Crippen LogP contribution is -2.44. The summed E-state index contributed by atoms with van der Waals surface area (Å²) in [7, 11) is 0. The number of nitrogens with one attached hydrogen (secondary N) is 1. The molecular formula is C10H13Cl2N5O. The molecule has 18 heavy (non-hydrogen) atoms. The van der Waals surface area contributed by atoms with E-state index >= 15 is 0 Å². The van der Waals surface area contributed by atoms with Gasteiger partial charge in [-0.1, -0.05) is 11.6 Å². The van der Waals surface area contributed by atoms with Crippen LogP contribution in [0.5, 0.6) is 0 Å². The van der Waals surface area contributed by atoms with Crippen molar-refractivity contribution < 1.29 is 4.79 Å². The minimum Gasteiger partial charge on any atom is -0.354 e. The molecule has 1 amide bonds. The average molecular weight is 290 g/mol. The molecule has 1 aromatic rings. The van der Waals surface area contributed by atoms with Crippen LogP contribution in [0.2, 0.25) is 10.4 Å². The van der Waals surface area contributed by atoms with Gasteiger partial charge in [0, 0.05) is 26.1 Å². The maximum absolute atomic E-state index is 11.0. The summed E-state index contributed by atoms with van der Waals surface area (Å²) in [4.78, 5) is 17.1. The van der Waals surface area contributed by atoms with Gasteiger partial charge >= 0.3 is 0 Å². The van der Waals surface area contributed by atoms with Gasteiger partial charge in [-0.05, 0) is 24.4 Å². The van der Waals surface area contributed by atoms with Gasteiger partial charge in [-0.3, -0.25) is 4.79 Å². The van der Waals surface area contributed by atoms with E-state index in [-0.39, 0.29) is 22.4 Å². The molecule has 0 atom stereocenters. The van der Waals surface area contributed by atoms with Gasteiger partial charge in [0.15, 0.2) is 11.0 Å². The van der Waals surface area contributed by atoms with Crippen molar-refractivity contribution in [2.45, 2.75) is 25.8 Å². The molecule has 1 fully saturated rings. The van der Waals surface area contributed by atoms with Gasteiger partial charge in [0.2, 0.25) is 11.2 Å². The van der Waals surface area contributed by atoms with E-state index in [4.69, 9.17) is 23.2 Å². The highest BCUT2D eigenvalue weighted by atomic mass is 35.5. The van der Waals surface area contributed by atoms with Crippen LogP contribution in [-0.2, 0) is 4.79 Å². The third-order valence-electron chi connectivity index (χ3n) is 2.80. The summed E-state index contributed by atoms with van der Waals surface area (Å²) in [6, 6.07) is 0.211. The van der Waals surface area contributed by atoms with Crippen molar-refractivity contribution in [3.63, 3.8) is 0 Å². The molecule has 1 aromatic heterocycles. The first-order valence-electron chi connectivity index (χ1n) is 5.64. The van der Waals surface area contributed by atoms with Gasteiger partial charge in [-0.25, -0.2) is 0 Å². The molecule has 0 saturated carbocycles. The van der Waals surface area contributed by atoms with Crippen molar-refractivity contribution in [3.05, 3.63) is 10.4 Å². The summed E-state index contributed by atoms with van der Waals surface area (Å²) in [5, 5.41) is 10.5. The SMILES string of the molecule is CC(=O)NC1CCN(c2nc(Cl)nnc2Cl)CC1. The molecule has 8 heteroatoms. The van der Waals surface area contributed by atoms with Crippen LogP contribution in [-0.4, -0.2) is 40.2 Å². The molecule has 1 aliphatic rings. The van der Waals surface area contributed by atoms with Crippen LogP contribution in [0.3, 0.4) is 0 Å². The van der Waals surface area contributed by atoms with Gasteiger partial charge in [0.1, 0.15) is 0 Å². The number of amides is 1. The summed E-state index contributed by atoms with van der Waals surface area (Å²) in [5.74, 6) is 0.552. The number of rotatable bonds is 2. The standard InChI is InChI=1S/C10H13Cl2N5O/c1-6(18)13-7-2-4-17(5-3-7)9-8(11)15-16-10(12)14-9/h7H,2-5H2,1H3,(H,13,18). The maximum Gasteiger partial charge on any atom is 0.245 e. The van der Waals surface area contributed by atoms with Gasteiger partial charge < -0.3 is 10.2 Å². The topological polar surface area (TPSA) is 71.0 Å². The van der Waals surface area contributed by atoms with Crippen molar-refractivity contribution in [2.24, 2.45) is 0 Å². The van der Waals surface area contributed by atoms with Crippen LogP contribution < -0.4 is 10.2 Å². The predicted molar refractivity (Wildman–Crippen MR) is 68.9 cm³/mol. The molecule has 2 heterocycles. The van der Waals surface area contributed by atoms with E-state index in [1.165, 1.54) is 6.92 Å². The van der Waals surface area contributed by atoms with Crippen molar-refractivity contribution in [2.75, 3.05) is 18.0 Å². The third kappa shape index (κ3) is 3.20. The van der Waals surface area contributed by atoms with Crippen LogP contribution in [0, 0.1) is 0 Å². The van der Waals surface area contributed by atoms with E-state index in [0.29, 0.717) is 5.82 Å². The van der Waals surface area contributed by atoms with Gasteiger partial charge in [-0.15, -0.1) is 10.2 Å². The number of carbonyl (C=O) groups excluding carboxylic acids is 1. The predicted octanol–water partition coefficient (Wildman–Crippen LogP) is 1.28. The Hall–Kier alpha value is -1.14. The number of nitrogens with zero attached hydrogens (tertiary/aromatic N) is 4. The highest BCUT2D eigenvalue weighted by Gasteiger charge is 2.23. The van der Waals surface area contributed by atoms with E-state index in [2.05, 4.69) is 20.5 Å². The fourth-order valence-electron chi connectivity index (χ4n) is 2.01. The van der Waals surface area contributed by atoms with E-state index in [0.717, 1.165) is 25.9 Å². The summed E-state index contributed by atoms with van der Waals surface area (Å²) in [6.07, 6.45) is 1.69. The number of halogens is 2. The zero-order valence-electron chi connectivity index (χ0n) is 9.86. The van der Waals surface area contributed by atoms with Crippen molar-refractivity contribution in [1.29, 1.82) is 0 Å². The van der Waals surface area contributed by atoms with Crippen molar-refractivity contribution in [1.82, 2.24) is 20.5 Å². The van der Waals surface area contributed by atoms with Gasteiger partial charge in [-0.2, -0.15) is 4.98 Å². The second kappa shape index (κ2) is 5.67. The second-order valence-electron chi connectivity index (χ2n) is 4.16. The molecular weight excluding hydrogens is 277 g/mol. The molecule has 0 unspecified atom stereocenters. The monoisotopic (exact) mass is 289 g/mol. The van der Waals surface area contributed by atoms with Crippen LogP contribution in [0.25, 0.3) is 0 Å². The van der Waals surface area contributed by atoms with Crippen molar-refractivity contribution in [3.8, 4) is 0 Å². The number of anilines is 1. The molecule has 0 aromatic carbocycles. The van der Waals surface area contributed by atoms with Crippen LogP contribution in [0.4, 0.5) is 5.82 Å². The Balaban J connectivity index is 2.01. The number of hydrogen-bond acceptors (Lipinski definition) is 5. The number of piperidine rings is 1. The van der Waals surface area contributed by atoms with E-state index in [1.807, 2.05) is 4.90 Å². The minimum absolute atomic E-state index is 0.00164. The van der Waals surface area contributed by atoms with Crippen LogP contribution >= 0.6 is 23.2 Å². The van der Waals surface area contributed by atoms with Crippen molar-refractivity contribution >= 4 is 34.9 Å². The summed E-state index contributed by atoms with van der Waals surface area (Å²) < 4.78 is 0. The Labute approximate surface area is 115 Å². The molecule has 1 saturated heterocycles. The lowest BCUT2D eigenvalue weighted by Gasteiger charge is -2.32. The largest absolute Gasteiger partial charge is 0.354 e. The Bertz CT molecular complexity index is 448. The first-order chi connectivity index (χ1) is 8.56. The quantitative estimate of drug-likeness (QED) is 0.888. The maximum atomic E-state index is 11.0. The molecule has 1 N–H and O–H groups in total. The molecule has 2 rings (SSSR count). The Morgan fingerprint density at radius 2 is 2.00 bits per heavy atom. The fraction of sp³-hybridized carbons (Fsp3) is 0.600. The zero-order valence-corrected chi connectivity index (χ0v) is 11.4. The number of aromatic nitrogens is 3. The lowest BCUT2D eigenvalue weighted by atomic mass is 10.1. The minimum atomic E-state index is -0.00164. The normalized spacial score (nSPS) is 16.7. The Kier molecular flexibility index (Phi) is 4.19. The first kappa shape index (κ1) is 13.3. The number of carbonyl (C=O) groups is 1. The smallest absolute Gasteiger partial charge is 0.245 e. The average Bonchev–Trinajstić information content (AvgIpc) is 2.33. The molecule has 0 spiro atoms. The summed E-state index contributed by atoms with van der Waals surface area (Å²) >= 11 is 11.7. The summed E-state index contributed by atoms with van der Waals surface area (Å²) in [5.41, 5.74) is 0. The lowest BCUT2D eigenvalue weighted by molar-refractivity contribution is -0.119. The Morgan fingerprint density at radius 3 is 2.61 bits per heavy atom. The van der Waals surface area contributed by atoms with Crippen LogP contribution in [0.15, 0.2) is 0 Å². The molecule has 98 valence electrons. The molecule has 1 aliphatic heterocycles. The molecule has 0 radical (unpaired) electrons. The third-order valence-corrected chi connectivity index (χ3v) is 3.21. The first-order valence-corrected chi connectivity index (χ1v) is 6.39. The fourth-order valence-corrected chi connectivity index (χ4v) is 2.33. The summed E-state index contributed by atoms with van der Waals surface area (Å²) in [6.45, 7) is 3.02. The van der Waals surface area contributed by atoms with Gasteiger partial charge in [0.05, 0.1) is 0 Å². The van der Waals surface area contributed by atoms with E-state index in [9.17, 15) is 4.79 Å². The Morgan fingerprint density at radius 1 is 1.33 bits per heavy atom. The van der Waals surface area contributed by atoms with Gasteiger partial charge in [0.25, 0.3) is 0 Å². The molecule has 0 aliphatic carbocycles.